The Morgan fingerprint density at radius 1 is 1.60 bits per heavy atom. The highest BCUT2D eigenvalue weighted by atomic mass is 32.2. The van der Waals surface area contributed by atoms with E-state index in [1.54, 1.807) is 0 Å². The standard InChI is InChI=1S/C8H13N3O3S/c1-11(5-6-12)15(13,14)7-3-2-4-10-8(7)9/h2-4,12H,5-6H2,1H3,(H2,9,10). The molecule has 84 valence electrons. The molecule has 0 aliphatic rings. The fraction of sp³-hybridized carbons (Fsp3) is 0.375. The molecule has 0 atom stereocenters. The van der Waals surface area contributed by atoms with Crippen LogP contribution in [0.4, 0.5) is 5.82 Å². The van der Waals surface area contributed by atoms with Crippen LogP contribution in [0, 0.1) is 0 Å². The molecule has 0 amide bonds. The van der Waals surface area contributed by atoms with Gasteiger partial charge in [0.2, 0.25) is 10.0 Å². The minimum atomic E-state index is -3.65. The molecule has 1 aromatic rings. The molecule has 0 fully saturated rings. The van der Waals surface area contributed by atoms with E-state index in [0.717, 1.165) is 4.31 Å². The van der Waals surface area contributed by atoms with Crippen molar-refractivity contribution in [2.75, 3.05) is 25.9 Å². The fourth-order valence-corrected chi connectivity index (χ4v) is 2.28. The number of nitrogens with two attached hydrogens (primary N) is 1. The maximum atomic E-state index is 11.8. The van der Waals surface area contributed by atoms with Crippen LogP contribution < -0.4 is 5.73 Å². The first kappa shape index (κ1) is 11.9. The maximum Gasteiger partial charge on any atom is 0.246 e. The van der Waals surface area contributed by atoms with Gasteiger partial charge in [0.05, 0.1) is 6.61 Å². The number of nitrogens with zero attached hydrogens (tertiary/aromatic N) is 2. The fourth-order valence-electron chi connectivity index (χ4n) is 1.05. The van der Waals surface area contributed by atoms with Crippen LogP contribution in [0.15, 0.2) is 23.2 Å². The van der Waals surface area contributed by atoms with Crippen molar-refractivity contribution in [1.82, 2.24) is 9.29 Å². The van der Waals surface area contributed by atoms with Gasteiger partial charge in [0, 0.05) is 19.8 Å². The first-order valence-electron chi connectivity index (χ1n) is 4.28. The number of aromatic nitrogens is 1. The lowest BCUT2D eigenvalue weighted by molar-refractivity contribution is 0.266. The maximum absolute atomic E-state index is 11.8. The van der Waals surface area contributed by atoms with E-state index in [1.807, 2.05) is 0 Å². The molecule has 1 heterocycles. The lowest BCUT2D eigenvalue weighted by Crippen LogP contribution is -2.30. The predicted octanol–water partition coefficient (Wildman–Crippen LogP) is -0.723. The SMILES string of the molecule is CN(CCO)S(=O)(=O)c1cccnc1N. The quantitative estimate of drug-likeness (QED) is 0.712. The van der Waals surface area contributed by atoms with Gasteiger partial charge in [0.15, 0.2) is 0 Å². The van der Waals surface area contributed by atoms with Crippen LogP contribution in [0.3, 0.4) is 0 Å². The van der Waals surface area contributed by atoms with E-state index < -0.39 is 10.0 Å². The van der Waals surface area contributed by atoms with Gasteiger partial charge in [0.25, 0.3) is 0 Å². The van der Waals surface area contributed by atoms with Crippen molar-refractivity contribution < 1.29 is 13.5 Å². The van der Waals surface area contributed by atoms with Gasteiger partial charge in [0.1, 0.15) is 10.7 Å². The number of pyridine rings is 1. The molecule has 15 heavy (non-hydrogen) atoms. The molecule has 0 radical (unpaired) electrons. The van der Waals surface area contributed by atoms with E-state index in [0.29, 0.717) is 0 Å². The summed E-state index contributed by atoms with van der Waals surface area (Å²) in [7, 11) is -2.27. The second-order valence-corrected chi connectivity index (χ2v) is 4.95. The number of rotatable bonds is 4. The highest BCUT2D eigenvalue weighted by Crippen LogP contribution is 2.18. The summed E-state index contributed by atoms with van der Waals surface area (Å²) in [5.74, 6) is -0.0395. The molecular weight excluding hydrogens is 218 g/mol. The zero-order chi connectivity index (χ0) is 11.5. The van der Waals surface area contributed by atoms with Gasteiger partial charge in [-0.1, -0.05) is 0 Å². The van der Waals surface area contributed by atoms with Crippen molar-refractivity contribution >= 4 is 15.8 Å². The second-order valence-electron chi connectivity index (χ2n) is 2.94. The monoisotopic (exact) mass is 231 g/mol. The second kappa shape index (κ2) is 4.56. The minimum absolute atomic E-state index is 0.0245. The van der Waals surface area contributed by atoms with Crippen molar-refractivity contribution in [3.8, 4) is 0 Å². The molecule has 3 N–H and O–H groups in total. The van der Waals surface area contributed by atoms with Gasteiger partial charge in [-0.3, -0.25) is 0 Å². The van der Waals surface area contributed by atoms with Crippen molar-refractivity contribution in [2.45, 2.75) is 4.90 Å². The van der Waals surface area contributed by atoms with E-state index in [1.165, 1.54) is 25.4 Å². The Labute approximate surface area is 88.4 Å². The van der Waals surface area contributed by atoms with Gasteiger partial charge in [-0.05, 0) is 12.1 Å². The van der Waals surface area contributed by atoms with Crippen LogP contribution in [-0.4, -0.2) is 43.0 Å². The van der Waals surface area contributed by atoms with E-state index in [2.05, 4.69) is 4.98 Å². The average molecular weight is 231 g/mol. The van der Waals surface area contributed by atoms with E-state index in [9.17, 15) is 8.42 Å². The topological polar surface area (TPSA) is 96.5 Å². The molecule has 0 saturated carbocycles. The first-order chi connectivity index (χ1) is 7.00. The third-order valence-electron chi connectivity index (χ3n) is 1.90. The van der Waals surface area contributed by atoms with Gasteiger partial charge in [-0.2, -0.15) is 4.31 Å². The number of anilines is 1. The summed E-state index contributed by atoms with van der Waals surface area (Å²) in [6.07, 6.45) is 1.42. The number of hydrogen-bond donors (Lipinski definition) is 2. The van der Waals surface area contributed by atoms with Crippen LogP contribution >= 0.6 is 0 Å². The summed E-state index contributed by atoms with van der Waals surface area (Å²) in [5.41, 5.74) is 5.46. The van der Waals surface area contributed by atoms with Crippen LogP contribution in [0.2, 0.25) is 0 Å². The van der Waals surface area contributed by atoms with Crippen molar-refractivity contribution in [3.05, 3.63) is 18.3 Å². The summed E-state index contributed by atoms with van der Waals surface area (Å²) in [4.78, 5) is 3.66. The summed E-state index contributed by atoms with van der Waals surface area (Å²) >= 11 is 0. The molecule has 0 spiro atoms. The molecule has 0 aliphatic heterocycles. The molecule has 1 rings (SSSR count). The number of sulfonamides is 1. The Kier molecular flexibility index (Phi) is 3.61. The van der Waals surface area contributed by atoms with Crippen LogP contribution in [0.1, 0.15) is 0 Å². The third-order valence-corrected chi connectivity index (χ3v) is 3.81. The number of aliphatic hydroxyl groups excluding tert-OH is 1. The molecule has 0 bridgehead atoms. The van der Waals surface area contributed by atoms with Crippen molar-refractivity contribution in [1.29, 1.82) is 0 Å². The molecular formula is C8H13N3O3S. The molecule has 0 unspecified atom stereocenters. The highest BCUT2D eigenvalue weighted by molar-refractivity contribution is 7.89. The predicted molar refractivity (Wildman–Crippen MR) is 55.6 cm³/mol. The summed E-state index contributed by atoms with van der Waals surface area (Å²) in [6.45, 7) is -0.216. The number of hydrogen-bond acceptors (Lipinski definition) is 5. The Balaban J connectivity index is 3.12. The Bertz CT molecular complexity index is 433. The van der Waals surface area contributed by atoms with Gasteiger partial charge in [-0.15, -0.1) is 0 Å². The Morgan fingerprint density at radius 3 is 2.80 bits per heavy atom. The summed E-state index contributed by atoms with van der Waals surface area (Å²) in [6, 6.07) is 2.88. The van der Waals surface area contributed by atoms with Crippen molar-refractivity contribution in [3.63, 3.8) is 0 Å². The average Bonchev–Trinajstić information content (AvgIpc) is 2.18. The van der Waals surface area contributed by atoms with E-state index >= 15 is 0 Å². The van der Waals surface area contributed by atoms with E-state index in [4.69, 9.17) is 10.8 Å². The number of aliphatic hydroxyl groups is 1. The summed E-state index contributed by atoms with van der Waals surface area (Å²) < 4.78 is 24.7. The van der Waals surface area contributed by atoms with Crippen molar-refractivity contribution in [2.24, 2.45) is 0 Å². The lowest BCUT2D eigenvalue weighted by atomic mass is 10.5. The zero-order valence-corrected chi connectivity index (χ0v) is 9.11. The third kappa shape index (κ3) is 2.44. The molecule has 7 heteroatoms. The molecule has 1 aromatic heterocycles. The summed E-state index contributed by atoms with van der Waals surface area (Å²) in [5, 5.41) is 8.66. The lowest BCUT2D eigenvalue weighted by Gasteiger charge is -2.16. The first-order valence-corrected chi connectivity index (χ1v) is 5.72. The molecule has 0 aliphatic carbocycles. The van der Waals surface area contributed by atoms with Crippen LogP contribution in [-0.2, 0) is 10.0 Å². The highest BCUT2D eigenvalue weighted by Gasteiger charge is 2.22. The molecule has 6 nitrogen and oxygen atoms in total. The van der Waals surface area contributed by atoms with Gasteiger partial charge >= 0.3 is 0 Å². The van der Waals surface area contributed by atoms with Crippen LogP contribution in [0.25, 0.3) is 0 Å². The van der Waals surface area contributed by atoms with Crippen LogP contribution in [0.5, 0.6) is 0 Å². The Morgan fingerprint density at radius 2 is 2.27 bits per heavy atom. The normalized spacial score (nSPS) is 11.9. The smallest absolute Gasteiger partial charge is 0.246 e. The zero-order valence-electron chi connectivity index (χ0n) is 8.29. The molecule has 0 aromatic carbocycles. The molecule has 0 saturated heterocycles. The largest absolute Gasteiger partial charge is 0.395 e. The Hall–Kier alpha value is -1.18. The number of nitrogen functional groups attached to an aromatic ring is 1. The van der Waals surface area contributed by atoms with Gasteiger partial charge < -0.3 is 10.8 Å². The number of likely N-dealkylation sites (N-methyl/N-ethyl adjacent to an activating group) is 1. The minimum Gasteiger partial charge on any atom is -0.395 e. The van der Waals surface area contributed by atoms with E-state index in [-0.39, 0.29) is 23.9 Å². The van der Waals surface area contributed by atoms with Gasteiger partial charge in [-0.25, -0.2) is 13.4 Å².